The van der Waals surface area contributed by atoms with Gasteiger partial charge in [0.05, 0.1) is 11.8 Å². The largest absolute Gasteiger partial charge is 0.481 e. The Labute approximate surface area is 160 Å². The van der Waals surface area contributed by atoms with E-state index >= 15 is 0 Å². The summed E-state index contributed by atoms with van der Waals surface area (Å²) in [6.45, 7) is 4.00. The minimum absolute atomic E-state index is 0.0301. The van der Waals surface area contributed by atoms with Crippen LogP contribution in [0.15, 0.2) is 0 Å². The van der Waals surface area contributed by atoms with E-state index in [1.54, 1.807) is 0 Å². The molecule has 27 heavy (non-hydrogen) atoms. The van der Waals surface area contributed by atoms with Crippen LogP contribution in [0.4, 0.5) is 0 Å². The van der Waals surface area contributed by atoms with E-state index < -0.39 is 11.9 Å². The number of carbonyl (C=O) groups excluding carboxylic acids is 2. The summed E-state index contributed by atoms with van der Waals surface area (Å²) >= 11 is 0. The Balaban J connectivity index is 1.50. The van der Waals surface area contributed by atoms with Gasteiger partial charge in [-0.25, -0.2) is 0 Å². The van der Waals surface area contributed by atoms with Crippen LogP contribution in [0, 0.1) is 23.7 Å². The van der Waals surface area contributed by atoms with Crippen molar-refractivity contribution in [3.05, 3.63) is 0 Å². The van der Waals surface area contributed by atoms with Crippen molar-refractivity contribution >= 4 is 17.8 Å². The predicted molar refractivity (Wildman–Crippen MR) is 98.9 cm³/mol. The number of carbonyl (C=O) groups is 3. The second-order valence-corrected chi connectivity index (χ2v) is 8.50. The molecule has 2 N–H and O–H groups in total. The van der Waals surface area contributed by atoms with E-state index in [9.17, 15) is 19.5 Å². The smallest absolute Gasteiger partial charge is 0.308 e. The third kappa shape index (κ3) is 5.00. The molecule has 0 spiro atoms. The average Bonchev–Trinajstić information content (AvgIpc) is 3.05. The standard InChI is InChI=1S/C20H32N2O5/c1-13-2-4-16(5-3-13)22-12-15(10-18(22)23)19(24)21-11-17(20(25)26)14-6-8-27-9-7-14/h13-17H,2-12H2,1H3,(H,21,24)(H,25,26). The van der Waals surface area contributed by atoms with Crippen molar-refractivity contribution in [1.29, 1.82) is 0 Å². The van der Waals surface area contributed by atoms with Crippen molar-refractivity contribution in [2.45, 2.75) is 57.9 Å². The van der Waals surface area contributed by atoms with Crippen molar-refractivity contribution < 1.29 is 24.2 Å². The van der Waals surface area contributed by atoms with Gasteiger partial charge in [0, 0.05) is 38.8 Å². The highest BCUT2D eigenvalue weighted by Crippen LogP contribution is 2.31. The van der Waals surface area contributed by atoms with Gasteiger partial charge in [-0.15, -0.1) is 0 Å². The lowest BCUT2D eigenvalue weighted by Crippen LogP contribution is -2.42. The Morgan fingerprint density at radius 1 is 1.19 bits per heavy atom. The highest BCUT2D eigenvalue weighted by Gasteiger charge is 2.39. The Bertz CT molecular complexity index is 553. The first-order chi connectivity index (χ1) is 13.0. The van der Waals surface area contributed by atoms with Crippen LogP contribution in [0.2, 0.25) is 0 Å². The summed E-state index contributed by atoms with van der Waals surface area (Å²) in [5.41, 5.74) is 0. The van der Waals surface area contributed by atoms with E-state index in [1.165, 1.54) is 0 Å². The molecule has 2 unspecified atom stereocenters. The van der Waals surface area contributed by atoms with E-state index in [1.807, 2.05) is 4.90 Å². The molecule has 152 valence electrons. The van der Waals surface area contributed by atoms with Crippen LogP contribution in [0.5, 0.6) is 0 Å². The number of hydrogen-bond acceptors (Lipinski definition) is 4. The van der Waals surface area contributed by atoms with Crippen LogP contribution in [0.3, 0.4) is 0 Å². The van der Waals surface area contributed by atoms with E-state index in [-0.39, 0.29) is 42.7 Å². The molecule has 2 aliphatic heterocycles. The molecule has 0 radical (unpaired) electrons. The number of nitrogens with one attached hydrogen (secondary N) is 1. The van der Waals surface area contributed by atoms with Gasteiger partial charge >= 0.3 is 5.97 Å². The normalized spacial score (nSPS) is 30.9. The molecule has 7 heteroatoms. The van der Waals surface area contributed by atoms with E-state index in [0.717, 1.165) is 31.6 Å². The first-order valence-corrected chi connectivity index (χ1v) is 10.3. The predicted octanol–water partition coefficient (Wildman–Crippen LogP) is 1.66. The second-order valence-electron chi connectivity index (χ2n) is 8.50. The van der Waals surface area contributed by atoms with Crippen molar-refractivity contribution in [2.24, 2.45) is 23.7 Å². The lowest BCUT2D eigenvalue weighted by molar-refractivity contribution is -0.145. The molecule has 2 saturated heterocycles. The van der Waals surface area contributed by atoms with Crippen LogP contribution in [-0.2, 0) is 19.1 Å². The Morgan fingerprint density at radius 3 is 2.48 bits per heavy atom. The molecule has 3 rings (SSSR count). The van der Waals surface area contributed by atoms with Crippen LogP contribution in [0.25, 0.3) is 0 Å². The number of aliphatic carboxylic acids is 1. The van der Waals surface area contributed by atoms with Gasteiger partial charge in [-0.3, -0.25) is 14.4 Å². The van der Waals surface area contributed by atoms with Gasteiger partial charge < -0.3 is 20.1 Å². The number of amides is 2. The SMILES string of the molecule is CC1CCC(N2CC(C(=O)NCC(C(=O)O)C3CCOCC3)CC2=O)CC1. The second kappa shape index (κ2) is 9.04. The highest BCUT2D eigenvalue weighted by atomic mass is 16.5. The minimum Gasteiger partial charge on any atom is -0.481 e. The fourth-order valence-corrected chi connectivity index (χ4v) is 4.74. The molecule has 2 heterocycles. The molecule has 0 bridgehead atoms. The van der Waals surface area contributed by atoms with Crippen LogP contribution in [-0.4, -0.2) is 60.1 Å². The maximum atomic E-state index is 12.6. The number of likely N-dealkylation sites (tertiary alicyclic amines) is 1. The summed E-state index contributed by atoms with van der Waals surface area (Å²) in [6, 6.07) is 0.264. The van der Waals surface area contributed by atoms with Crippen molar-refractivity contribution in [2.75, 3.05) is 26.3 Å². The van der Waals surface area contributed by atoms with E-state index in [2.05, 4.69) is 12.2 Å². The molecular weight excluding hydrogens is 348 g/mol. The monoisotopic (exact) mass is 380 g/mol. The number of hydrogen-bond donors (Lipinski definition) is 2. The first kappa shape index (κ1) is 20.1. The molecule has 7 nitrogen and oxygen atoms in total. The topological polar surface area (TPSA) is 95.9 Å². The molecular formula is C20H32N2O5. The van der Waals surface area contributed by atoms with Crippen LogP contribution >= 0.6 is 0 Å². The first-order valence-electron chi connectivity index (χ1n) is 10.3. The maximum absolute atomic E-state index is 12.6. The minimum atomic E-state index is -0.873. The van der Waals surface area contributed by atoms with Gasteiger partial charge in [0.25, 0.3) is 0 Å². The number of carboxylic acid groups (broad SMARTS) is 1. The average molecular weight is 380 g/mol. The van der Waals surface area contributed by atoms with E-state index in [0.29, 0.717) is 32.6 Å². The van der Waals surface area contributed by atoms with Crippen molar-refractivity contribution in [3.63, 3.8) is 0 Å². The van der Waals surface area contributed by atoms with E-state index in [4.69, 9.17) is 4.74 Å². The molecule has 1 saturated carbocycles. The van der Waals surface area contributed by atoms with Gasteiger partial charge in [0.15, 0.2) is 0 Å². The molecule has 0 aromatic carbocycles. The van der Waals surface area contributed by atoms with Crippen molar-refractivity contribution in [1.82, 2.24) is 10.2 Å². The Kier molecular flexibility index (Phi) is 6.73. The van der Waals surface area contributed by atoms with Crippen LogP contribution in [0.1, 0.15) is 51.9 Å². The third-order valence-electron chi connectivity index (χ3n) is 6.60. The Morgan fingerprint density at radius 2 is 1.85 bits per heavy atom. The van der Waals surface area contributed by atoms with Crippen LogP contribution < -0.4 is 5.32 Å². The summed E-state index contributed by atoms with van der Waals surface area (Å²) < 4.78 is 5.30. The quantitative estimate of drug-likeness (QED) is 0.731. The molecule has 2 atom stereocenters. The third-order valence-corrected chi connectivity index (χ3v) is 6.60. The molecule has 0 aromatic rings. The zero-order valence-electron chi connectivity index (χ0n) is 16.2. The van der Waals surface area contributed by atoms with Crippen molar-refractivity contribution in [3.8, 4) is 0 Å². The van der Waals surface area contributed by atoms with Gasteiger partial charge in [0.1, 0.15) is 0 Å². The summed E-state index contributed by atoms with van der Waals surface area (Å²) in [7, 11) is 0. The molecule has 1 aliphatic carbocycles. The fourth-order valence-electron chi connectivity index (χ4n) is 4.74. The zero-order valence-corrected chi connectivity index (χ0v) is 16.2. The fraction of sp³-hybridized carbons (Fsp3) is 0.850. The summed E-state index contributed by atoms with van der Waals surface area (Å²) in [5.74, 6) is -1.20. The lowest BCUT2D eigenvalue weighted by Gasteiger charge is -2.33. The molecule has 0 aromatic heterocycles. The Hall–Kier alpha value is -1.63. The molecule has 3 aliphatic rings. The van der Waals surface area contributed by atoms with Gasteiger partial charge in [-0.2, -0.15) is 0 Å². The highest BCUT2D eigenvalue weighted by molar-refractivity contribution is 5.89. The zero-order chi connectivity index (χ0) is 19.4. The van der Waals surface area contributed by atoms with Gasteiger partial charge in [-0.1, -0.05) is 6.92 Å². The van der Waals surface area contributed by atoms with Gasteiger partial charge in [-0.05, 0) is 50.4 Å². The number of ether oxygens (including phenoxy) is 1. The lowest BCUT2D eigenvalue weighted by atomic mass is 9.86. The number of nitrogens with zero attached hydrogens (tertiary/aromatic N) is 1. The summed E-state index contributed by atoms with van der Waals surface area (Å²) in [6.07, 6.45) is 5.98. The molecule has 2 amide bonds. The maximum Gasteiger partial charge on any atom is 0.308 e. The molecule has 3 fully saturated rings. The number of carboxylic acids is 1. The summed E-state index contributed by atoms with van der Waals surface area (Å²) in [5, 5.41) is 12.3. The number of rotatable bonds is 6. The van der Waals surface area contributed by atoms with Gasteiger partial charge in [0.2, 0.25) is 11.8 Å². The summed E-state index contributed by atoms with van der Waals surface area (Å²) in [4.78, 5) is 38.5.